The number of amides is 1. The molecule has 0 aliphatic rings. The summed E-state index contributed by atoms with van der Waals surface area (Å²) < 4.78 is 0. The molecule has 0 N–H and O–H groups in total. The topological polar surface area (TPSA) is 20.3 Å². The molecule has 0 unspecified atom stereocenters. The van der Waals surface area contributed by atoms with Crippen molar-refractivity contribution in [2.24, 2.45) is 0 Å². The highest BCUT2D eigenvalue weighted by molar-refractivity contribution is 5.93. The van der Waals surface area contributed by atoms with Gasteiger partial charge in [0.1, 0.15) is 0 Å². The summed E-state index contributed by atoms with van der Waals surface area (Å²) in [6, 6.07) is 28.9. The van der Waals surface area contributed by atoms with E-state index in [9.17, 15) is 4.79 Å². The molecular formula is C24H25NO. The summed E-state index contributed by atoms with van der Waals surface area (Å²) >= 11 is 0. The molecule has 1 amide bonds. The van der Waals surface area contributed by atoms with Crippen molar-refractivity contribution in [2.75, 3.05) is 11.9 Å². The second-order valence-corrected chi connectivity index (χ2v) is 6.56. The lowest BCUT2D eigenvalue weighted by atomic mass is 10.1. The zero-order valence-corrected chi connectivity index (χ0v) is 15.3. The largest absolute Gasteiger partial charge is 0.316 e. The Hall–Kier alpha value is -2.87. The monoisotopic (exact) mass is 343 g/mol. The number of benzene rings is 3. The molecule has 3 aromatic carbocycles. The van der Waals surface area contributed by atoms with E-state index in [2.05, 4.69) is 48.5 Å². The minimum absolute atomic E-state index is 0.172. The Kier molecular flexibility index (Phi) is 6.21. The van der Waals surface area contributed by atoms with Crippen LogP contribution in [0.15, 0.2) is 84.9 Å². The number of hydrogen-bond donors (Lipinski definition) is 0. The van der Waals surface area contributed by atoms with E-state index < -0.39 is 0 Å². The number of aryl methyl sites for hydroxylation is 1. The molecule has 0 saturated carbocycles. The summed E-state index contributed by atoms with van der Waals surface area (Å²) in [7, 11) is 1.86. The van der Waals surface area contributed by atoms with Gasteiger partial charge in [-0.2, -0.15) is 0 Å². The first-order valence-electron chi connectivity index (χ1n) is 9.20. The third kappa shape index (κ3) is 4.82. The number of carbonyl (C=O) groups is 1. The molecule has 0 atom stereocenters. The summed E-state index contributed by atoms with van der Waals surface area (Å²) in [6.45, 7) is 0. The molecular weight excluding hydrogens is 318 g/mol. The summed E-state index contributed by atoms with van der Waals surface area (Å²) in [6.07, 6.45) is 3.57. The maximum atomic E-state index is 12.4. The Bertz CT molecular complexity index is 810. The predicted octanol–water partition coefficient (Wildman–Crippen LogP) is 5.73. The summed E-state index contributed by atoms with van der Waals surface area (Å²) in [4.78, 5) is 14.2. The van der Waals surface area contributed by atoms with Crippen molar-refractivity contribution in [2.45, 2.75) is 25.7 Å². The highest BCUT2D eigenvalue weighted by Crippen LogP contribution is 2.23. The molecule has 0 bridgehead atoms. The van der Waals surface area contributed by atoms with Gasteiger partial charge in [0, 0.05) is 19.2 Å². The average Bonchev–Trinajstić information content (AvgIpc) is 2.72. The molecule has 0 radical (unpaired) electrons. The summed E-state index contributed by atoms with van der Waals surface area (Å²) in [5.74, 6) is 0.172. The summed E-state index contributed by atoms with van der Waals surface area (Å²) in [5, 5.41) is 0. The van der Waals surface area contributed by atoms with Gasteiger partial charge in [-0.15, -0.1) is 0 Å². The van der Waals surface area contributed by atoms with Crippen LogP contribution in [0.25, 0.3) is 11.1 Å². The minimum Gasteiger partial charge on any atom is -0.316 e. The number of unbranched alkanes of at least 4 members (excludes halogenated alkanes) is 1. The van der Waals surface area contributed by atoms with Crippen molar-refractivity contribution >= 4 is 11.6 Å². The van der Waals surface area contributed by atoms with Crippen LogP contribution in [0.4, 0.5) is 5.69 Å². The van der Waals surface area contributed by atoms with Crippen LogP contribution < -0.4 is 4.90 Å². The molecule has 0 saturated heterocycles. The van der Waals surface area contributed by atoms with Crippen LogP contribution in [0.1, 0.15) is 24.8 Å². The van der Waals surface area contributed by atoms with E-state index in [4.69, 9.17) is 0 Å². The van der Waals surface area contributed by atoms with E-state index in [-0.39, 0.29) is 5.91 Å². The van der Waals surface area contributed by atoms with Crippen LogP contribution in [0.2, 0.25) is 0 Å². The fourth-order valence-corrected chi connectivity index (χ4v) is 3.07. The first kappa shape index (κ1) is 17.9. The van der Waals surface area contributed by atoms with Crippen molar-refractivity contribution in [1.29, 1.82) is 0 Å². The smallest absolute Gasteiger partial charge is 0.226 e. The van der Waals surface area contributed by atoms with Gasteiger partial charge >= 0.3 is 0 Å². The maximum absolute atomic E-state index is 12.4. The van der Waals surface area contributed by atoms with Crippen molar-refractivity contribution in [1.82, 2.24) is 0 Å². The standard InChI is InChI=1S/C24H25NO/c1-25(24(26)15-9-8-12-20-10-4-2-5-11-20)23-18-16-22(17-19-23)21-13-6-3-7-14-21/h2-7,10-11,13-14,16-19H,8-9,12,15H2,1H3. The van der Waals surface area contributed by atoms with Crippen molar-refractivity contribution < 1.29 is 4.79 Å². The Morgan fingerprint density at radius 3 is 1.96 bits per heavy atom. The van der Waals surface area contributed by atoms with Gasteiger partial charge in [0.2, 0.25) is 5.91 Å². The quantitative estimate of drug-likeness (QED) is 0.502. The number of nitrogens with zero attached hydrogens (tertiary/aromatic N) is 1. The molecule has 26 heavy (non-hydrogen) atoms. The molecule has 0 fully saturated rings. The fraction of sp³-hybridized carbons (Fsp3) is 0.208. The third-order valence-corrected chi connectivity index (χ3v) is 4.68. The van der Waals surface area contributed by atoms with E-state index in [1.165, 1.54) is 11.1 Å². The SMILES string of the molecule is CN(C(=O)CCCCc1ccccc1)c1ccc(-c2ccccc2)cc1. The molecule has 0 spiro atoms. The molecule has 3 rings (SSSR count). The molecule has 0 aliphatic heterocycles. The van der Waals surface area contributed by atoms with Crippen LogP contribution in [0, 0.1) is 0 Å². The van der Waals surface area contributed by atoms with Gasteiger partial charge in [-0.3, -0.25) is 4.79 Å². The first-order valence-corrected chi connectivity index (χ1v) is 9.20. The van der Waals surface area contributed by atoms with E-state index in [0.29, 0.717) is 6.42 Å². The van der Waals surface area contributed by atoms with Crippen molar-refractivity contribution in [3.63, 3.8) is 0 Å². The lowest BCUT2D eigenvalue weighted by Gasteiger charge is -2.18. The van der Waals surface area contributed by atoms with Gasteiger partial charge in [0.25, 0.3) is 0 Å². The van der Waals surface area contributed by atoms with Crippen LogP contribution >= 0.6 is 0 Å². The van der Waals surface area contributed by atoms with E-state index in [0.717, 1.165) is 30.5 Å². The Morgan fingerprint density at radius 2 is 1.31 bits per heavy atom. The van der Waals surface area contributed by atoms with Gasteiger partial charge in [0.05, 0.1) is 0 Å². The van der Waals surface area contributed by atoms with Gasteiger partial charge in [0.15, 0.2) is 0 Å². The zero-order valence-electron chi connectivity index (χ0n) is 15.3. The Balaban J connectivity index is 1.50. The van der Waals surface area contributed by atoms with E-state index in [1.807, 2.05) is 43.4 Å². The van der Waals surface area contributed by atoms with Crippen LogP contribution in [-0.2, 0) is 11.2 Å². The molecule has 0 aromatic heterocycles. The number of hydrogen-bond acceptors (Lipinski definition) is 1. The number of rotatable bonds is 7. The molecule has 2 heteroatoms. The molecule has 2 nitrogen and oxygen atoms in total. The lowest BCUT2D eigenvalue weighted by molar-refractivity contribution is -0.118. The van der Waals surface area contributed by atoms with Gasteiger partial charge in [-0.25, -0.2) is 0 Å². The zero-order chi connectivity index (χ0) is 18.2. The molecule has 0 heterocycles. The number of anilines is 1. The molecule has 3 aromatic rings. The van der Waals surface area contributed by atoms with Crippen LogP contribution in [0.5, 0.6) is 0 Å². The Labute approximate surface area is 156 Å². The predicted molar refractivity (Wildman–Crippen MR) is 109 cm³/mol. The minimum atomic E-state index is 0.172. The second-order valence-electron chi connectivity index (χ2n) is 6.56. The first-order chi connectivity index (χ1) is 12.7. The number of carbonyl (C=O) groups excluding carboxylic acids is 1. The summed E-state index contributed by atoms with van der Waals surface area (Å²) in [5.41, 5.74) is 4.63. The highest BCUT2D eigenvalue weighted by Gasteiger charge is 2.10. The maximum Gasteiger partial charge on any atom is 0.226 e. The van der Waals surface area contributed by atoms with Gasteiger partial charge < -0.3 is 4.90 Å². The van der Waals surface area contributed by atoms with E-state index in [1.54, 1.807) is 4.90 Å². The van der Waals surface area contributed by atoms with Crippen molar-refractivity contribution in [3.05, 3.63) is 90.5 Å². The van der Waals surface area contributed by atoms with Crippen LogP contribution in [-0.4, -0.2) is 13.0 Å². The molecule has 0 aliphatic carbocycles. The lowest BCUT2D eigenvalue weighted by Crippen LogP contribution is -2.25. The van der Waals surface area contributed by atoms with Gasteiger partial charge in [-0.1, -0.05) is 72.8 Å². The molecule has 132 valence electrons. The second kappa shape index (κ2) is 9.00. The van der Waals surface area contributed by atoms with Crippen molar-refractivity contribution in [3.8, 4) is 11.1 Å². The van der Waals surface area contributed by atoms with Gasteiger partial charge in [-0.05, 0) is 48.1 Å². The average molecular weight is 343 g/mol. The van der Waals surface area contributed by atoms with E-state index >= 15 is 0 Å². The van der Waals surface area contributed by atoms with Crippen LogP contribution in [0.3, 0.4) is 0 Å². The Morgan fingerprint density at radius 1 is 0.731 bits per heavy atom. The fourth-order valence-electron chi connectivity index (χ4n) is 3.07. The normalized spacial score (nSPS) is 10.5. The third-order valence-electron chi connectivity index (χ3n) is 4.68. The highest BCUT2D eigenvalue weighted by atomic mass is 16.2.